The fourth-order valence-electron chi connectivity index (χ4n) is 1.89. The molecule has 0 spiro atoms. The second-order valence-corrected chi connectivity index (χ2v) is 4.34. The highest BCUT2D eigenvalue weighted by atomic mass is 19.1. The monoisotopic (exact) mass is 243 g/mol. The third-order valence-electron chi connectivity index (χ3n) is 3.26. The Hall–Kier alpha value is -2.15. The fraction of sp³-hybridized carbons (Fsp3) is 0.286. The topological polar surface area (TPSA) is 41.6 Å². The summed E-state index contributed by atoms with van der Waals surface area (Å²) < 4.78 is 15.7. The van der Waals surface area contributed by atoms with Crippen LogP contribution in [0, 0.1) is 37.9 Å². The molecule has 0 saturated carbocycles. The van der Waals surface area contributed by atoms with Crippen LogP contribution in [0.4, 0.5) is 4.39 Å². The SMILES string of the molecule is Cc1nn(Cc2cccc(C#N)c2F)c(C)c1C. The highest BCUT2D eigenvalue weighted by Gasteiger charge is 2.12. The Morgan fingerprint density at radius 2 is 2.06 bits per heavy atom. The minimum atomic E-state index is -0.454. The molecule has 92 valence electrons. The maximum absolute atomic E-state index is 13.9. The zero-order chi connectivity index (χ0) is 13.3. The van der Waals surface area contributed by atoms with Crippen molar-refractivity contribution in [1.82, 2.24) is 9.78 Å². The van der Waals surface area contributed by atoms with E-state index in [1.807, 2.05) is 26.8 Å². The number of nitrogens with zero attached hydrogens (tertiary/aromatic N) is 3. The quantitative estimate of drug-likeness (QED) is 0.813. The van der Waals surface area contributed by atoms with Crippen molar-refractivity contribution in [3.05, 3.63) is 52.1 Å². The highest BCUT2D eigenvalue weighted by Crippen LogP contribution is 2.16. The van der Waals surface area contributed by atoms with Crippen molar-refractivity contribution >= 4 is 0 Å². The van der Waals surface area contributed by atoms with Gasteiger partial charge >= 0.3 is 0 Å². The lowest BCUT2D eigenvalue weighted by molar-refractivity contribution is 0.576. The molecular formula is C14H14FN3. The molecule has 0 aliphatic carbocycles. The van der Waals surface area contributed by atoms with Gasteiger partial charge in [0.2, 0.25) is 0 Å². The zero-order valence-electron chi connectivity index (χ0n) is 10.7. The third-order valence-corrected chi connectivity index (χ3v) is 3.26. The summed E-state index contributed by atoms with van der Waals surface area (Å²) in [6.45, 7) is 6.24. The fourth-order valence-corrected chi connectivity index (χ4v) is 1.89. The van der Waals surface area contributed by atoms with Gasteiger partial charge in [-0.3, -0.25) is 4.68 Å². The molecule has 0 radical (unpaired) electrons. The highest BCUT2D eigenvalue weighted by molar-refractivity contribution is 5.35. The molecule has 0 aliphatic heterocycles. The lowest BCUT2D eigenvalue weighted by atomic mass is 10.1. The van der Waals surface area contributed by atoms with E-state index in [9.17, 15) is 4.39 Å². The molecule has 2 aromatic rings. The number of hydrogen-bond donors (Lipinski definition) is 0. The average molecular weight is 243 g/mol. The Balaban J connectivity index is 2.41. The molecule has 0 N–H and O–H groups in total. The molecular weight excluding hydrogens is 229 g/mol. The molecule has 0 amide bonds. The van der Waals surface area contributed by atoms with Crippen molar-refractivity contribution in [2.75, 3.05) is 0 Å². The van der Waals surface area contributed by atoms with Crippen LogP contribution in [0.5, 0.6) is 0 Å². The number of rotatable bonds is 2. The molecule has 1 heterocycles. The third kappa shape index (κ3) is 2.00. The number of halogens is 1. The van der Waals surface area contributed by atoms with E-state index >= 15 is 0 Å². The summed E-state index contributed by atoms with van der Waals surface area (Å²) in [7, 11) is 0. The van der Waals surface area contributed by atoms with Crippen molar-refractivity contribution in [2.45, 2.75) is 27.3 Å². The molecule has 0 unspecified atom stereocenters. The Kier molecular flexibility index (Phi) is 3.15. The molecule has 3 nitrogen and oxygen atoms in total. The van der Waals surface area contributed by atoms with E-state index in [4.69, 9.17) is 5.26 Å². The number of hydrogen-bond acceptors (Lipinski definition) is 2. The summed E-state index contributed by atoms with van der Waals surface area (Å²) in [4.78, 5) is 0. The van der Waals surface area contributed by atoms with Crippen LogP contribution in [0.2, 0.25) is 0 Å². The molecule has 0 saturated heterocycles. The average Bonchev–Trinajstić information content (AvgIpc) is 2.60. The Bertz CT molecular complexity index is 635. The lowest BCUT2D eigenvalue weighted by Gasteiger charge is -2.07. The van der Waals surface area contributed by atoms with Gasteiger partial charge in [-0.05, 0) is 32.4 Å². The maximum atomic E-state index is 13.9. The van der Waals surface area contributed by atoms with Crippen molar-refractivity contribution in [3.8, 4) is 6.07 Å². The van der Waals surface area contributed by atoms with Gasteiger partial charge in [-0.2, -0.15) is 10.4 Å². The molecule has 4 heteroatoms. The molecule has 1 aromatic carbocycles. The van der Waals surface area contributed by atoms with E-state index in [-0.39, 0.29) is 5.56 Å². The van der Waals surface area contributed by atoms with Crippen molar-refractivity contribution in [3.63, 3.8) is 0 Å². The molecule has 0 fully saturated rings. The smallest absolute Gasteiger partial charge is 0.146 e. The molecule has 18 heavy (non-hydrogen) atoms. The van der Waals surface area contributed by atoms with Gasteiger partial charge < -0.3 is 0 Å². The number of aromatic nitrogens is 2. The minimum Gasteiger partial charge on any atom is -0.265 e. The van der Waals surface area contributed by atoms with E-state index in [0.717, 1.165) is 17.0 Å². The van der Waals surface area contributed by atoms with E-state index in [1.54, 1.807) is 16.8 Å². The second-order valence-electron chi connectivity index (χ2n) is 4.34. The number of nitriles is 1. The predicted octanol–water partition coefficient (Wildman–Crippen LogP) is 2.87. The van der Waals surface area contributed by atoms with Crippen LogP contribution in [-0.4, -0.2) is 9.78 Å². The van der Waals surface area contributed by atoms with E-state index < -0.39 is 5.82 Å². The normalized spacial score (nSPS) is 10.4. The van der Waals surface area contributed by atoms with Crippen LogP contribution in [0.25, 0.3) is 0 Å². The van der Waals surface area contributed by atoms with Gasteiger partial charge in [-0.25, -0.2) is 4.39 Å². The van der Waals surface area contributed by atoms with Crippen LogP contribution in [0.3, 0.4) is 0 Å². The Labute approximate surface area is 105 Å². The first-order valence-corrected chi connectivity index (χ1v) is 5.72. The molecule has 2 rings (SSSR count). The van der Waals surface area contributed by atoms with Gasteiger partial charge in [0.1, 0.15) is 11.9 Å². The lowest BCUT2D eigenvalue weighted by Crippen LogP contribution is -2.06. The predicted molar refractivity (Wildman–Crippen MR) is 66.7 cm³/mol. The van der Waals surface area contributed by atoms with Gasteiger partial charge in [0, 0.05) is 11.3 Å². The van der Waals surface area contributed by atoms with Crippen LogP contribution in [0.1, 0.15) is 28.1 Å². The van der Waals surface area contributed by atoms with Gasteiger partial charge in [-0.1, -0.05) is 12.1 Å². The summed E-state index contributed by atoms with van der Waals surface area (Å²) in [5.74, 6) is -0.454. The van der Waals surface area contributed by atoms with E-state index in [2.05, 4.69) is 5.10 Å². The molecule has 0 aliphatic rings. The van der Waals surface area contributed by atoms with E-state index in [1.165, 1.54) is 6.07 Å². The molecule has 0 atom stereocenters. The zero-order valence-corrected chi connectivity index (χ0v) is 10.7. The first-order valence-electron chi connectivity index (χ1n) is 5.72. The first kappa shape index (κ1) is 12.3. The van der Waals surface area contributed by atoms with Crippen molar-refractivity contribution in [2.24, 2.45) is 0 Å². The summed E-state index contributed by atoms with van der Waals surface area (Å²) in [6, 6.07) is 6.70. The van der Waals surface area contributed by atoms with Gasteiger partial charge in [0.05, 0.1) is 17.8 Å². The maximum Gasteiger partial charge on any atom is 0.146 e. The van der Waals surface area contributed by atoms with Gasteiger partial charge in [0.25, 0.3) is 0 Å². The van der Waals surface area contributed by atoms with Crippen molar-refractivity contribution in [1.29, 1.82) is 5.26 Å². The van der Waals surface area contributed by atoms with Gasteiger partial charge in [-0.15, -0.1) is 0 Å². The standard InChI is InChI=1S/C14H14FN3/c1-9-10(2)17-18(11(9)3)8-13-6-4-5-12(7-16)14(13)15/h4-6H,8H2,1-3H3. The second kappa shape index (κ2) is 4.61. The Morgan fingerprint density at radius 3 is 2.61 bits per heavy atom. The minimum absolute atomic E-state index is 0.0748. The van der Waals surface area contributed by atoms with Crippen LogP contribution in [0.15, 0.2) is 18.2 Å². The van der Waals surface area contributed by atoms with Crippen LogP contribution < -0.4 is 0 Å². The largest absolute Gasteiger partial charge is 0.265 e. The van der Waals surface area contributed by atoms with Gasteiger partial charge in [0.15, 0.2) is 0 Å². The van der Waals surface area contributed by atoms with Crippen LogP contribution >= 0.6 is 0 Å². The number of aryl methyl sites for hydroxylation is 1. The molecule has 1 aromatic heterocycles. The first-order chi connectivity index (χ1) is 8.54. The summed E-state index contributed by atoms with van der Waals surface area (Å²) in [5, 5.41) is 13.2. The Morgan fingerprint density at radius 1 is 1.33 bits per heavy atom. The summed E-state index contributed by atoms with van der Waals surface area (Å²) in [5.41, 5.74) is 3.65. The summed E-state index contributed by atoms with van der Waals surface area (Å²) >= 11 is 0. The summed E-state index contributed by atoms with van der Waals surface area (Å²) in [6.07, 6.45) is 0. The number of benzene rings is 1. The van der Waals surface area contributed by atoms with Crippen molar-refractivity contribution < 1.29 is 4.39 Å². The van der Waals surface area contributed by atoms with E-state index in [0.29, 0.717) is 12.1 Å². The van der Waals surface area contributed by atoms with Crippen LogP contribution in [-0.2, 0) is 6.54 Å². The molecule has 0 bridgehead atoms.